The predicted molar refractivity (Wildman–Crippen MR) is 135 cm³/mol. The Labute approximate surface area is 204 Å². The van der Waals surface area contributed by atoms with E-state index in [0.29, 0.717) is 38.0 Å². The van der Waals surface area contributed by atoms with E-state index in [-0.39, 0.29) is 11.3 Å². The molecule has 4 aromatic rings. The average Bonchev–Trinajstić information content (AvgIpc) is 3.19. The van der Waals surface area contributed by atoms with Gasteiger partial charge in [0.25, 0.3) is 0 Å². The lowest BCUT2D eigenvalue weighted by molar-refractivity contribution is -0.115. The molecule has 1 aliphatic heterocycles. The number of thioether (sulfide) groups is 1. The molecule has 1 heterocycles. The van der Waals surface area contributed by atoms with Gasteiger partial charge in [-0.25, -0.2) is 0 Å². The van der Waals surface area contributed by atoms with E-state index in [4.69, 9.17) is 39.5 Å². The number of hydrogen-bond acceptors (Lipinski definition) is 3. The van der Waals surface area contributed by atoms with Crippen molar-refractivity contribution >= 4 is 68.9 Å². The van der Waals surface area contributed by atoms with Crippen molar-refractivity contribution in [3.8, 4) is 11.5 Å². The van der Waals surface area contributed by atoms with E-state index >= 15 is 0 Å². The second kappa shape index (κ2) is 8.87. The third-order valence-electron chi connectivity index (χ3n) is 5.26. The Balaban J connectivity index is 1.44. The molecule has 0 saturated carbocycles. The highest BCUT2D eigenvalue weighted by atomic mass is 35.5. The molecule has 1 aliphatic rings. The molecule has 160 valence electrons. The van der Waals surface area contributed by atoms with Crippen molar-refractivity contribution in [2.75, 3.05) is 10.7 Å². The van der Waals surface area contributed by atoms with E-state index in [1.807, 2.05) is 66.7 Å². The zero-order valence-corrected chi connectivity index (χ0v) is 19.7. The Kier molecular flexibility index (Phi) is 5.95. The molecule has 0 radical (unpaired) electrons. The third kappa shape index (κ3) is 4.04. The molecule has 5 rings (SSSR count). The molecular weight excluding hydrogens is 485 g/mol. The molecule has 0 aromatic heterocycles. The van der Waals surface area contributed by atoms with Crippen LogP contribution in [0, 0.1) is 0 Å². The first-order valence-corrected chi connectivity index (χ1v) is 12.0. The Morgan fingerprint density at radius 3 is 2.41 bits per heavy atom. The fourth-order valence-corrected chi connectivity index (χ4v) is 5.50. The summed E-state index contributed by atoms with van der Waals surface area (Å²) in [5.41, 5.74) is 1.71. The zero-order chi connectivity index (χ0) is 22.2. The molecule has 1 saturated heterocycles. The van der Waals surface area contributed by atoms with Gasteiger partial charge in [-0.15, -0.1) is 11.8 Å². The third-order valence-corrected chi connectivity index (χ3v) is 7.41. The van der Waals surface area contributed by atoms with Gasteiger partial charge >= 0.3 is 0 Å². The summed E-state index contributed by atoms with van der Waals surface area (Å²) < 4.78 is 6.03. The summed E-state index contributed by atoms with van der Waals surface area (Å²) in [4.78, 5) is 14.4. The fourth-order valence-electron chi connectivity index (χ4n) is 3.71. The highest BCUT2D eigenvalue weighted by Gasteiger charge is 2.34. The Hall–Kier alpha value is -2.37. The molecule has 32 heavy (non-hydrogen) atoms. The Bertz CT molecular complexity index is 1330. The van der Waals surface area contributed by atoms with Crippen molar-refractivity contribution in [3.05, 3.63) is 99.5 Å². The summed E-state index contributed by atoms with van der Waals surface area (Å²) in [6.45, 7) is 0. The number of fused-ring (bicyclic) bond motifs is 1. The van der Waals surface area contributed by atoms with E-state index < -0.39 is 0 Å². The van der Waals surface area contributed by atoms with Crippen molar-refractivity contribution < 1.29 is 9.53 Å². The van der Waals surface area contributed by atoms with Crippen molar-refractivity contribution in [2.24, 2.45) is 0 Å². The monoisotopic (exact) mass is 499 g/mol. The zero-order valence-electron chi connectivity index (χ0n) is 16.6. The van der Waals surface area contributed by atoms with Crippen molar-refractivity contribution in [1.29, 1.82) is 0 Å². The van der Waals surface area contributed by atoms with Crippen LogP contribution in [0.15, 0.2) is 78.9 Å². The van der Waals surface area contributed by atoms with Crippen LogP contribution in [0.4, 0.5) is 5.69 Å². The van der Waals surface area contributed by atoms with Crippen LogP contribution in [0.3, 0.4) is 0 Å². The number of amides is 1. The highest BCUT2D eigenvalue weighted by Crippen LogP contribution is 2.44. The number of nitrogens with zero attached hydrogens (tertiary/aromatic N) is 1. The quantitative estimate of drug-likeness (QED) is 0.282. The fraction of sp³-hybridized carbons (Fsp3) is 0.0800. The maximum Gasteiger partial charge on any atom is 0.238 e. The molecule has 4 aromatic carbocycles. The van der Waals surface area contributed by atoms with E-state index in [0.717, 1.165) is 16.3 Å². The first-order chi connectivity index (χ1) is 15.5. The lowest BCUT2D eigenvalue weighted by atomic mass is 10.1. The van der Waals surface area contributed by atoms with Crippen LogP contribution >= 0.6 is 46.6 Å². The van der Waals surface area contributed by atoms with Gasteiger partial charge in [0.15, 0.2) is 0 Å². The van der Waals surface area contributed by atoms with Crippen LogP contribution in [0.25, 0.3) is 10.8 Å². The van der Waals surface area contributed by atoms with Gasteiger partial charge < -0.3 is 4.74 Å². The first-order valence-electron chi connectivity index (χ1n) is 9.85. The van der Waals surface area contributed by atoms with E-state index in [9.17, 15) is 4.79 Å². The lowest BCUT2D eigenvalue weighted by Crippen LogP contribution is -2.27. The minimum Gasteiger partial charge on any atom is -0.454 e. The van der Waals surface area contributed by atoms with Crippen LogP contribution < -0.4 is 9.64 Å². The molecule has 1 amide bonds. The van der Waals surface area contributed by atoms with Crippen LogP contribution in [0.1, 0.15) is 10.9 Å². The second-order valence-electron chi connectivity index (χ2n) is 7.29. The van der Waals surface area contributed by atoms with Gasteiger partial charge in [0.05, 0.1) is 15.8 Å². The van der Waals surface area contributed by atoms with E-state index in [2.05, 4.69) is 0 Å². The summed E-state index contributed by atoms with van der Waals surface area (Å²) in [6.07, 6.45) is 0. The van der Waals surface area contributed by atoms with Gasteiger partial charge in [-0.1, -0.05) is 77.3 Å². The predicted octanol–water partition coefficient (Wildman–Crippen LogP) is 8.37. The number of ether oxygens (including phenoxy) is 1. The standard InChI is InChI=1S/C25H16Cl3NO2S/c26-17-8-5-16(6-9-17)25-29(23(30)14-32-25)18-10-12-21(20(27)13-18)31-22-11-7-15-3-1-2-4-19(15)24(22)28/h1-13,25H,14H2/t25-/m1/s1. The molecule has 0 bridgehead atoms. The van der Waals surface area contributed by atoms with Gasteiger partial charge in [-0.2, -0.15) is 0 Å². The largest absolute Gasteiger partial charge is 0.454 e. The van der Waals surface area contributed by atoms with Crippen LogP contribution in [-0.4, -0.2) is 11.7 Å². The first kappa shape index (κ1) is 21.5. The number of halogens is 3. The summed E-state index contributed by atoms with van der Waals surface area (Å²) >= 11 is 20.7. The van der Waals surface area contributed by atoms with Gasteiger partial charge in [-0.05, 0) is 47.3 Å². The van der Waals surface area contributed by atoms with Gasteiger partial charge in [0, 0.05) is 16.1 Å². The van der Waals surface area contributed by atoms with Crippen molar-refractivity contribution in [2.45, 2.75) is 5.37 Å². The van der Waals surface area contributed by atoms with Crippen molar-refractivity contribution in [1.82, 2.24) is 0 Å². The number of carbonyl (C=O) groups is 1. The minimum absolute atomic E-state index is 0.0252. The summed E-state index contributed by atoms with van der Waals surface area (Å²) in [5.74, 6) is 1.41. The minimum atomic E-state index is -0.141. The second-order valence-corrected chi connectivity index (χ2v) is 9.58. The molecule has 0 N–H and O–H groups in total. The van der Waals surface area contributed by atoms with Gasteiger partial charge in [-0.3, -0.25) is 9.69 Å². The normalized spacial score (nSPS) is 16.0. The van der Waals surface area contributed by atoms with Crippen LogP contribution in [0.2, 0.25) is 15.1 Å². The number of carbonyl (C=O) groups excluding carboxylic acids is 1. The molecule has 0 aliphatic carbocycles. The molecular formula is C25H16Cl3NO2S. The molecule has 1 atom stereocenters. The Morgan fingerprint density at radius 2 is 1.62 bits per heavy atom. The number of rotatable bonds is 4. The summed E-state index contributed by atoms with van der Waals surface area (Å²) in [5, 5.41) is 3.38. The number of hydrogen-bond donors (Lipinski definition) is 0. The SMILES string of the molecule is O=C1CS[C@H](c2ccc(Cl)cc2)N1c1ccc(Oc2ccc3ccccc3c2Cl)c(Cl)c1. The van der Waals surface area contributed by atoms with Gasteiger partial charge in [0.1, 0.15) is 16.9 Å². The average molecular weight is 501 g/mol. The molecule has 1 fully saturated rings. The lowest BCUT2D eigenvalue weighted by Gasteiger charge is -2.25. The maximum absolute atomic E-state index is 12.7. The van der Waals surface area contributed by atoms with Crippen molar-refractivity contribution in [3.63, 3.8) is 0 Å². The van der Waals surface area contributed by atoms with E-state index in [1.165, 1.54) is 0 Å². The maximum atomic E-state index is 12.7. The highest BCUT2D eigenvalue weighted by molar-refractivity contribution is 8.00. The summed E-state index contributed by atoms with van der Waals surface area (Å²) in [6, 6.07) is 24.5. The Morgan fingerprint density at radius 1 is 0.875 bits per heavy atom. The number of benzene rings is 4. The molecule has 0 spiro atoms. The number of anilines is 1. The van der Waals surface area contributed by atoms with E-state index in [1.54, 1.807) is 28.8 Å². The van der Waals surface area contributed by atoms with Crippen LogP contribution in [-0.2, 0) is 4.79 Å². The smallest absolute Gasteiger partial charge is 0.238 e. The van der Waals surface area contributed by atoms with Crippen LogP contribution in [0.5, 0.6) is 11.5 Å². The summed E-state index contributed by atoms with van der Waals surface area (Å²) in [7, 11) is 0. The molecule has 7 heteroatoms. The molecule has 0 unspecified atom stereocenters. The van der Waals surface area contributed by atoms with Gasteiger partial charge in [0.2, 0.25) is 5.91 Å². The topological polar surface area (TPSA) is 29.5 Å². The molecule has 3 nitrogen and oxygen atoms in total.